The topological polar surface area (TPSA) is 77.8 Å². The second kappa shape index (κ2) is 5.03. The van der Waals surface area contributed by atoms with E-state index >= 15 is 0 Å². The minimum atomic E-state index is -1.34. The number of carboxylic acid groups (broad SMARTS) is 1. The van der Waals surface area contributed by atoms with Crippen molar-refractivity contribution in [3.05, 3.63) is 71.3 Å². The van der Waals surface area contributed by atoms with E-state index in [1.54, 1.807) is 48.5 Å². The Bertz CT molecular complexity index is 698. The maximum atomic E-state index is 12.1. The zero-order valence-corrected chi connectivity index (χ0v) is 11.0. The standard InChI is InChI=1S/C16H13NO4/c18-15-12-9-5-4-8-11(12)13(10-6-2-1-3-7-10)14(16(19)20)17(15)21/h1-9,13-14,21H,(H,19,20). The number of fused-ring (bicyclic) bond motifs is 1. The largest absolute Gasteiger partial charge is 0.480 e. The van der Waals surface area contributed by atoms with Gasteiger partial charge in [0.15, 0.2) is 6.04 Å². The van der Waals surface area contributed by atoms with Gasteiger partial charge >= 0.3 is 5.97 Å². The minimum absolute atomic E-state index is 0.322. The van der Waals surface area contributed by atoms with Gasteiger partial charge in [-0.25, -0.2) is 9.86 Å². The van der Waals surface area contributed by atoms with Gasteiger partial charge in [-0.05, 0) is 17.2 Å². The molecule has 0 radical (unpaired) electrons. The monoisotopic (exact) mass is 283 g/mol. The summed E-state index contributed by atoms with van der Waals surface area (Å²) in [7, 11) is 0. The number of aliphatic carboxylic acids is 1. The quantitative estimate of drug-likeness (QED) is 0.827. The number of rotatable bonds is 2. The van der Waals surface area contributed by atoms with Gasteiger partial charge in [0, 0.05) is 11.5 Å². The third-order valence-electron chi connectivity index (χ3n) is 3.73. The van der Waals surface area contributed by atoms with Crippen molar-refractivity contribution in [2.75, 3.05) is 0 Å². The SMILES string of the molecule is O=C(O)C1C(c2ccccc2)c2ccccc2C(=O)N1O. The molecular formula is C16H13NO4. The van der Waals surface area contributed by atoms with E-state index in [1.165, 1.54) is 0 Å². The molecule has 0 aromatic heterocycles. The van der Waals surface area contributed by atoms with Crippen molar-refractivity contribution in [2.45, 2.75) is 12.0 Å². The number of carbonyl (C=O) groups is 2. The second-order valence-electron chi connectivity index (χ2n) is 4.91. The van der Waals surface area contributed by atoms with Crippen LogP contribution >= 0.6 is 0 Å². The fourth-order valence-corrected chi connectivity index (χ4v) is 2.79. The second-order valence-corrected chi connectivity index (χ2v) is 4.91. The number of amides is 1. The molecule has 106 valence electrons. The summed E-state index contributed by atoms with van der Waals surface area (Å²) in [4.78, 5) is 23.7. The van der Waals surface area contributed by atoms with Crippen LogP contribution in [0.4, 0.5) is 0 Å². The Morgan fingerprint density at radius 2 is 1.62 bits per heavy atom. The third kappa shape index (κ3) is 2.08. The molecule has 1 aliphatic heterocycles. The smallest absolute Gasteiger partial charge is 0.330 e. The first-order chi connectivity index (χ1) is 10.1. The maximum absolute atomic E-state index is 12.1. The minimum Gasteiger partial charge on any atom is -0.480 e. The van der Waals surface area contributed by atoms with Crippen molar-refractivity contribution < 1.29 is 19.9 Å². The van der Waals surface area contributed by atoms with Gasteiger partial charge in [0.05, 0.1) is 0 Å². The summed E-state index contributed by atoms with van der Waals surface area (Å²) in [6.07, 6.45) is 0. The number of hydrogen-bond acceptors (Lipinski definition) is 3. The van der Waals surface area contributed by atoms with Crippen molar-refractivity contribution in [3.8, 4) is 0 Å². The average Bonchev–Trinajstić information content (AvgIpc) is 2.51. The summed E-state index contributed by atoms with van der Waals surface area (Å²) in [6, 6.07) is 14.4. The van der Waals surface area contributed by atoms with Crippen LogP contribution in [0, 0.1) is 0 Å². The van der Waals surface area contributed by atoms with E-state index in [0.29, 0.717) is 16.2 Å². The van der Waals surface area contributed by atoms with Gasteiger partial charge in [-0.2, -0.15) is 0 Å². The molecule has 0 spiro atoms. The number of carboxylic acids is 1. The first-order valence-electron chi connectivity index (χ1n) is 6.50. The van der Waals surface area contributed by atoms with Gasteiger partial charge in [0.2, 0.25) is 0 Å². The summed E-state index contributed by atoms with van der Waals surface area (Å²) in [5.74, 6) is -2.54. The Labute approximate surface area is 121 Å². The van der Waals surface area contributed by atoms with Crippen molar-refractivity contribution in [1.29, 1.82) is 0 Å². The Morgan fingerprint density at radius 1 is 1.00 bits per heavy atom. The van der Waals surface area contributed by atoms with Crippen LogP contribution in [-0.2, 0) is 4.79 Å². The highest BCUT2D eigenvalue weighted by molar-refractivity contribution is 6.00. The molecule has 2 N–H and O–H groups in total. The van der Waals surface area contributed by atoms with Gasteiger partial charge in [0.25, 0.3) is 5.91 Å². The van der Waals surface area contributed by atoms with Crippen LogP contribution in [0.5, 0.6) is 0 Å². The normalized spacial score (nSPS) is 21.0. The first kappa shape index (κ1) is 13.3. The highest BCUT2D eigenvalue weighted by atomic mass is 16.5. The summed E-state index contributed by atoms with van der Waals surface area (Å²) >= 11 is 0. The molecule has 1 aliphatic rings. The molecule has 3 rings (SSSR count). The fraction of sp³-hybridized carbons (Fsp3) is 0.125. The van der Waals surface area contributed by atoms with Gasteiger partial charge in [-0.15, -0.1) is 0 Å². The number of nitrogens with zero attached hydrogens (tertiary/aromatic N) is 1. The fourth-order valence-electron chi connectivity index (χ4n) is 2.79. The lowest BCUT2D eigenvalue weighted by molar-refractivity contribution is -0.160. The summed E-state index contributed by atoms with van der Waals surface area (Å²) in [6.45, 7) is 0. The van der Waals surface area contributed by atoms with E-state index in [1.807, 2.05) is 6.07 Å². The molecule has 5 nitrogen and oxygen atoms in total. The lowest BCUT2D eigenvalue weighted by Crippen LogP contribution is -2.50. The molecule has 2 aromatic rings. The van der Waals surface area contributed by atoms with Crippen molar-refractivity contribution in [1.82, 2.24) is 5.06 Å². The van der Waals surface area contributed by atoms with E-state index in [9.17, 15) is 19.9 Å². The van der Waals surface area contributed by atoms with Crippen LogP contribution in [0.25, 0.3) is 0 Å². The van der Waals surface area contributed by atoms with E-state index < -0.39 is 23.8 Å². The van der Waals surface area contributed by atoms with Gasteiger partial charge in [-0.1, -0.05) is 48.5 Å². The molecule has 2 atom stereocenters. The van der Waals surface area contributed by atoms with E-state index in [0.717, 1.165) is 5.56 Å². The molecule has 0 bridgehead atoms. The highest BCUT2D eigenvalue weighted by Crippen LogP contribution is 2.37. The van der Waals surface area contributed by atoms with E-state index in [4.69, 9.17) is 0 Å². The molecule has 0 aliphatic carbocycles. The number of benzene rings is 2. The van der Waals surface area contributed by atoms with Crippen molar-refractivity contribution in [3.63, 3.8) is 0 Å². The zero-order chi connectivity index (χ0) is 15.0. The molecule has 2 unspecified atom stereocenters. The van der Waals surface area contributed by atoms with Crippen LogP contribution in [0.1, 0.15) is 27.4 Å². The number of hydrogen-bond donors (Lipinski definition) is 2. The number of hydroxylamine groups is 2. The average molecular weight is 283 g/mol. The van der Waals surface area contributed by atoms with Gasteiger partial charge < -0.3 is 5.11 Å². The van der Waals surface area contributed by atoms with E-state index in [2.05, 4.69) is 0 Å². The van der Waals surface area contributed by atoms with Crippen LogP contribution < -0.4 is 0 Å². The predicted molar refractivity (Wildman–Crippen MR) is 74.1 cm³/mol. The molecule has 0 saturated carbocycles. The molecule has 2 aromatic carbocycles. The van der Waals surface area contributed by atoms with E-state index in [-0.39, 0.29) is 0 Å². The van der Waals surface area contributed by atoms with Gasteiger partial charge in [-0.3, -0.25) is 10.0 Å². The summed E-state index contributed by atoms with van der Waals surface area (Å²) in [5.41, 5.74) is 1.68. The predicted octanol–water partition coefficient (Wildman–Crippen LogP) is 2.12. The summed E-state index contributed by atoms with van der Waals surface area (Å²) < 4.78 is 0. The Morgan fingerprint density at radius 3 is 2.29 bits per heavy atom. The molecule has 0 fully saturated rings. The third-order valence-corrected chi connectivity index (χ3v) is 3.73. The molecule has 5 heteroatoms. The lowest BCUT2D eigenvalue weighted by Gasteiger charge is -2.36. The van der Waals surface area contributed by atoms with Crippen LogP contribution in [0.3, 0.4) is 0 Å². The van der Waals surface area contributed by atoms with Crippen LogP contribution in [0.15, 0.2) is 54.6 Å². The molecular weight excluding hydrogens is 270 g/mol. The Hall–Kier alpha value is -2.66. The number of carbonyl (C=O) groups excluding carboxylic acids is 1. The molecule has 21 heavy (non-hydrogen) atoms. The molecule has 1 heterocycles. The molecule has 0 saturated heterocycles. The maximum Gasteiger partial charge on any atom is 0.330 e. The van der Waals surface area contributed by atoms with Crippen LogP contribution in [-0.4, -0.2) is 33.3 Å². The Kier molecular flexibility index (Phi) is 3.19. The lowest BCUT2D eigenvalue weighted by atomic mass is 9.79. The van der Waals surface area contributed by atoms with Crippen LogP contribution in [0.2, 0.25) is 0 Å². The molecule has 1 amide bonds. The van der Waals surface area contributed by atoms with Crippen molar-refractivity contribution >= 4 is 11.9 Å². The highest BCUT2D eigenvalue weighted by Gasteiger charge is 2.44. The van der Waals surface area contributed by atoms with Crippen molar-refractivity contribution in [2.24, 2.45) is 0 Å². The zero-order valence-electron chi connectivity index (χ0n) is 11.0. The Balaban J connectivity index is 2.24. The first-order valence-corrected chi connectivity index (χ1v) is 6.50. The van der Waals surface area contributed by atoms with Gasteiger partial charge in [0.1, 0.15) is 0 Å². The summed E-state index contributed by atoms with van der Waals surface area (Å²) in [5, 5.41) is 19.7.